The van der Waals surface area contributed by atoms with Crippen LogP contribution in [0, 0.1) is 0 Å². The molecule has 6 nitrogen and oxygen atoms in total. The van der Waals surface area contributed by atoms with Crippen molar-refractivity contribution >= 4 is 11.8 Å². The molecule has 18 heavy (non-hydrogen) atoms. The number of ether oxygens (including phenoxy) is 2. The van der Waals surface area contributed by atoms with Gasteiger partial charge in [-0.2, -0.15) is 0 Å². The first kappa shape index (κ1) is 12.4. The number of hydrogen-bond donors (Lipinski definition) is 1. The van der Waals surface area contributed by atoms with Gasteiger partial charge >= 0.3 is 5.97 Å². The van der Waals surface area contributed by atoms with Gasteiger partial charge in [0.2, 0.25) is 0 Å². The molecule has 0 amide bonds. The number of hydrogen-bond acceptors (Lipinski definition) is 6. The van der Waals surface area contributed by atoms with Crippen molar-refractivity contribution in [3.8, 4) is 0 Å². The average molecular weight is 250 g/mol. The van der Waals surface area contributed by atoms with Gasteiger partial charge in [-0.3, -0.25) is 0 Å². The number of methoxy groups -OCH3 is 1. The van der Waals surface area contributed by atoms with Crippen molar-refractivity contribution < 1.29 is 19.4 Å². The number of carbonyl (C=O) groups excluding carboxylic acids is 1. The first-order chi connectivity index (χ1) is 8.67. The van der Waals surface area contributed by atoms with Crippen LogP contribution in [0.3, 0.4) is 0 Å². The Bertz CT molecular complexity index is 476. The second kappa shape index (κ2) is 5.05. The number of rotatable bonds is 3. The summed E-state index contributed by atoms with van der Waals surface area (Å²) in [6.07, 6.45) is 5.17. The van der Waals surface area contributed by atoms with Crippen LogP contribution in [0.5, 0.6) is 0 Å². The van der Waals surface area contributed by atoms with Crippen molar-refractivity contribution in [1.82, 2.24) is 4.90 Å². The van der Waals surface area contributed by atoms with E-state index in [2.05, 4.69) is 4.99 Å². The molecule has 0 aromatic rings. The maximum Gasteiger partial charge on any atom is 0.340 e. The zero-order valence-electron chi connectivity index (χ0n) is 10.2. The van der Waals surface area contributed by atoms with E-state index in [0.29, 0.717) is 11.6 Å². The Morgan fingerprint density at radius 3 is 3.06 bits per heavy atom. The fourth-order valence-corrected chi connectivity index (χ4v) is 1.64. The maximum absolute atomic E-state index is 11.6. The number of aliphatic hydroxyl groups excluding tert-OH is 1. The second-order valence-electron chi connectivity index (χ2n) is 3.64. The van der Waals surface area contributed by atoms with Crippen LogP contribution in [0.15, 0.2) is 40.9 Å². The highest BCUT2D eigenvalue weighted by molar-refractivity contribution is 6.00. The van der Waals surface area contributed by atoms with Crippen molar-refractivity contribution in [1.29, 1.82) is 0 Å². The number of aliphatic imine (C=N–C) groups is 1. The third-order valence-electron chi connectivity index (χ3n) is 2.56. The lowest BCUT2D eigenvalue weighted by atomic mass is 10.1. The summed E-state index contributed by atoms with van der Waals surface area (Å²) in [6.45, 7) is 1.96. The third-order valence-corrected chi connectivity index (χ3v) is 2.56. The van der Waals surface area contributed by atoms with Gasteiger partial charge in [0.1, 0.15) is 17.2 Å². The van der Waals surface area contributed by atoms with Crippen LogP contribution in [0.25, 0.3) is 0 Å². The number of nitrogens with zero attached hydrogens (tertiary/aromatic N) is 2. The quantitative estimate of drug-likeness (QED) is 0.739. The zero-order chi connectivity index (χ0) is 13.1. The standard InChI is InChI=1S/C12H14N2O4/c1-3-18-12(16)9-7-13-10-6-8(17-2)4-5-14(10)11(9)15/h4-7,11,15H,3H2,1-2H3/t11-/m1/s1. The summed E-state index contributed by atoms with van der Waals surface area (Å²) in [5.74, 6) is 0.572. The highest BCUT2D eigenvalue weighted by Crippen LogP contribution is 2.21. The first-order valence-electron chi connectivity index (χ1n) is 5.52. The molecular formula is C12H14N2O4. The summed E-state index contributed by atoms with van der Waals surface area (Å²) >= 11 is 0. The minimum atomic E-state index is -1.09. The Kier molecular flexibility index (Phi) is 3.47. The van der Waals surface area contributed by atoms with Crippen molar-refractivity contribution in [3.05, 3.63) is 35.9 Å². The van der Waals surface area contributed by atoms with Crippen LogP contribution in [0.1, 0.15) is 6.92 Å². The third kappa shape index (κ3) is 2.14. The molecule has 2 aliphatic rings. The van der Waals surface area contributed by atoms with Gasteiger partial charge < -0.3 is 19.5 Å². The Labute approximate surface area is 105 Å². The van der Waals surface area contributed by atoms with Crippen LogP contribution >= 0.6 is 0 Å². The number of fused-ring (bicyclic) bond motifs is 1. The maximum atomic E-state index is 11.6. The first-order valence-corrected chi connectivity index (χ1v) is 5.52. The molecule has 0 fully saturated rings. The molecule has 0 saturated heterocycles. The van der Waals surface area contributed by atoms with E-state index in [-0.39, 0.29) is 12.2 Å². The summed E-state index contributed by atoms with van der Waals surface area (Å²) in [6, 6.07) is 0. The Morgan fingerprint density at radius 1 is 1.61 bits per heavy atom. The van der Waals surface area contributed by atoms with Crippen LogP contribution < -0.4 is 0 Å². The molecule has 2 rings (SSSR count). The minimum Gasteiger partial charge on any atom is -0.497 e. The van der Waals surface area contributed by atoms with Crippen molar-refractivity contribution in [2.75, 3.05) is 13.7 Å². The van der Waals surface area contributed by atoms with Crippen molar-refractivity contribution in [2.45, 2.75) is 13.2 Å². The number of aliphatic hydroxyl groups is 1. The lowest BCUT2D eigenvalue weighted by molar-refractivity contribution is -0.140. The lowest BCUT2D eigenvalue weighted by Crippen LogP contribution is -2.42. The molecule has 0 unspecified atom stereocenters. The van der Waals surface area contributed by atoms with E-state index in [1.54, 1.807) is 32.4 Å². The number of esters is 1. The van der Waals surface area contributed by atoms with E-state index in [1.807, 2.05) is 0 Å². The second-order valence-corrected chi connectivity index (χ2v) is 3.64. The lowest BCUT2D eigenvalue weighted by Gasteiger charge is -2.31. The molecule has 96 valence electrons. The van der Waals surface area contributed by atoms with Gasteiger partial charge in [-0.05, 0) is 13.0 Å². The molecule has 2 heterocycles. The highest BCUT2D eigenvalue weighted by Gasteiger charge is 2.30. The van der Waals surface area contributed by atoms with Crippen LogP contribution in [0.4, 0.5) is 0 Å². The van der Waals surface area contributed by atoms with Crippen molar-refractivity contribution in [2.24, 2.45) is 4.99 Å². The van der Waals surface area contributed by atoms with Gasteiger partial charge in [-0.25, -0.2) is 9.79 Å². The molecule has 0 radical (unpaired) electrons. The monoisotopic (exact) mass is 250 g/mol. The zero-order valence-corrected chi connectivity index (χ0v) is 10.2. The SMILES string of the molecule is CCOC(=O)C1=CN=C2C=C(OC)C=CN2[C@@H]1O. The predicted molar refractivity (Wildman–Crippen MR) is 64.2 cm³/mol. The van der Waals surface area contributed by atoms with Crippen LogP contribution in [-0.4, -0.2) is 41.8 Å². The fourth-order valence-electron chi connectivity index (χ4n) is 1.64. The van der Waals surface area contributed by atoms with E-state index in [4.69, 9.17) is 9.47 Å². The van der Waals surface area contributed by atoms with Gasteiger partial charge in [0, 0.05) is 18.5 Å². The Balaban J connectivity index is 2.27. The topological polar surface area (TPSA) is 71.4 Å². The van der Waals surface area contributed by atoms with E-state index < -0.39 is 12.2 Å². The number of amidine groups is 1. The van der Waals surface area contributed by atoms with Crippen LogP contribution in [-0.2, 0) is 14.3 Å². The number of allylic oxidation sites excluding steroid dienone is 1. The van der Waals surface area contributed by atoms with E-state index in [0.717, 1.165) is 0 Å². The molecule has 0 aromatic heterocycles. The molecule has 6 heteroatoms. The average Bonchev–Trinajstić information content (AvgIpc) is 2.38. The van der Waals surface area contributed by atoms with Gasteiger partial charge in [-0.15, -0.1) is 0 Å². The van der Waals surface area contributed by atoms with E-state index >= 15 is 0 Å². The summed E-state index contributed by atoms with van der Waals surface area (Å²) in [4.78, 5) is 17.2. The molecule has 0 spiro atoms. The fraction of sp³-hybridized carbons (Fsp3) is 0.333. The Hall–Kier alpha value is -2.08. The van der Waals surface area contributed by atoms with Gasteiger partial charge in [0.05, 0.1) is 13.7 Å². The summed E-state index contributed by atoms with van der Waals surface area (Å²) in [5.41, 5.74) is 0.111. The molecule has 1 atom stereocenters. The highest BCUT2D eigenvalue weighted by atomic mass is 16.5. The smallest absolute Gasteiger partial charge is 0.340 e. The summed E-state index contributed by atoms with van der Waals surface area (Å²) in [5, 5.41) is 10.1. The van der Waals surface area contributed by atoms with Gasteiger partial charge in [0.25, 0.3) is 0 Å². The van der Waals surface area contributed by atoms with E-state index in [1.165, 1.54) is 11.1 Å². The number of carbonyl (C=O) groups is 1. The molecule has 0 saturated carbocycles. The summed E-state index contributed by atoms with van der Waals surface area (Å²) < 4.78 is 9.91. The minimum absolute atomic E-state index is 0.111. The molecule has 0 bridgehead atoms. The van der Waals surface area contributed by atoms with E-state index in [9.17, 15) is 9.90 Å². The largest absolute Gasteiger partial charge is 0.497 e. The summed E-state index contributed by atoms with van der Waals surface area (Å²) in [7, 11) is 1.55. The Morgan fingerprint density at radius 2 is 2.39 bits per heavy atom. The van der Waals surface area contributed by atoms with Gasteiger partial charge in [-0.1, -0.05) is 0 Å². The molecular weight excluding hydrogens is 236 g/mol. The molecule has 1 N–H and O–H groups in total. The van der Waals surface area contributed by atoms with Crippen molar-refractivity contribution in [3.63, 3.8) is 0 Å². The normalized spacial score (nSPS) is 21.6. The van der Waals surface area contributed by atoms with Crippen LogP contribution in [0.2, 0.25) is 0 Å². The molecule has 0 aliphatic carbocycles. The molecule has 2 aliphatic heterocycles. The molecule has 0 aromatic carbocycles. The predicted octanol–water partition coefficient (Wildman–Crippen LogP) is 0.524. The van der Waals surface area contributed by atoms with Gasteiger partial charge in [0.15, 0.2) is 6.23 Å².